The first-order chi connectivity index (χ1) is 6.45. The first-order valence-electron chi connectivity index (χ1n) is 3.40. The number of nitrogens with two attached hydrogens (primary N) is 1. The molecule has 0 spiro atoms. The molecule has 76 valence electrons. The second kappa shape index (κ2) is 3.75. The van der Waals surface area contributed by atoms with Crippen molar-refractivity contribution in [3.63, 3.8) is 0 Å². The third-order valence-electron chi connectivity index (χ3n) is 1.52. The number of rotatable bonds is 2. The van der Waals surface area contributed by atoms with Crippen LogP contribution >= 0.6 is 11.6 Å². The molecule has 1 aromatic rings. The van der Waals surface area contributed by atoms with E-state index in [-0.39, 0.29) is 0 Å². The Labute approximate surface area is 82.3 Å². The Morgan fingerprint density at radius 1 is 1.64 bits per heavy atom. The van der Waals surface area contributed by atoms with Gasteiger partial charge >= 0.3 is 0 Å². The number of pyridine rings is 1. The van der Waals surface area contributed by atoms with E-state index in [2.05, 4.69) is 4.98 Å². The van der Waals surface area contributed by atoms with Crippen LogP contribution in [0, 0.1) is 0 Å². The van der Waals surface area contributed by atoms with Gasteiger partial charge in [-0.05, 0) is 0 Å². The van der Waals surface area contributed by atoms with Crippen LogP contribution in [0.5, 0.6) is 5.75 Å². The molecule has 1 heterocycles. The van der Waals surface area contributed by atoms with Crippen LogP contribution in [-0.4, -0.2) is 16.0 Å². The van der Waals surface area contributed by atoms with Gasteiger partial charge in [0.25, 0.3) is 12.3 Å². The van der Waals surface area contributed by atoms with E-state index in [0.717, 1.165) is 6.20 Å². The van der Waals surface area contributed by atoms with E-state index in [9.17, 15) is 13.6 Å². The van der Waals surface area contributed by atoms with Gasteiger partial charge in [0.1, 0.15) is 10.9 Å². The Morgan fingerprint density at radius 2 is 2.21 bits per heavy atom. The van der Waals surface area contributed by atoms with Gasteiger partial charge in [-0.1, -0.05) is 11.6 Å². The van der Waals surface area contributed by atoms with E-state index in [1.54, 1.807) is 0 Å². The summed E-state index contributed by atoms with van der Waals surface area (Å²) in [5, 5.41) is 8.57. The van der Waals surface area contributed by atoms with Gasteiger partial charge in [-0.2, -0.15) is 0 Å². The topological polar surface area (TPSA) is 76.2 Å². The fourth-order valence-corrected chi connectivity index (χ4v) is 1.19. The molecule has 0 saturated carbocycles. The highest BCUT2D eigenvalue weighted by Gasteiger charge is 2.24. The molecule has 14 heavy (non-hydrogen) atoms. The lowest BCUT2D eigenvalue weighted by Crippen LogP contribution is -2.15. The first-order valence-corrected chi connectivity index (χ1v) is 3.78. The molecule has 0 atom stereocenters. The molecule has 3 N–H and O–H groups in total. The number of nitrogens with zero attached hydrogens (tertiary/aromatic N) is 1. The van der Waals surface area contributed by atoms with Crippen molar-refractivity contribution in [1.82, 2.24) is 4.98 Å². The van der Waals surface area contributed by atoms with Gasteiger partial charge in [0.05, 0.1) is 17.3 Å². The average molecular weight is 223 g/mol. The molecular formula is C7H5ClF2N2O2. The van der Waals surface area contributed by atoms with Crippen molar-refractivity contribution >= 4 is 17.5 Å². The molecule has 0 fully saturated rings. The molecule has 0 radical (unpaired) electrons. The van der Waals surface area contributed by atoms with Crippen LogP contribution in [0.1, 0.15) is 22.3 Å². The van der Waals surface area contributed by atoms with Crippen LogP contribution < -0.4 is 5.73 Å². The summed E-state index contributed by atoms with van der Waals surface area (Å²) in [7, 11) is 0. The monoisotopic (exact) mass is 222 g/mol. The third kappa shape index (κ3) is 1.74. The van der Waals surface area contributed by atoms with E-state index < -0.39 is 34.4 Å². The minimum Gasteiger partial charge on any atom is -0.506 e. The summed E-state index contributed by atoms with van der Waals surface area (Å²) >= 11 is 5.38. The van der Waals surface area contributed by atoms with E-state index >= 15 is 0 Å². The lowest BCUT2D eigenvalue weighted by Gasteiger charge is -2.08. The summed E-state index contributed by atoms with van der Waals surface area (Å²) in [4.78, 5) is 14.1. The molecule has 0 aromatic carbocycles. The SMILES string of the molecule is NC(=O)c1c(Cl)ncc(O)c1C(F)F. The Balaban J connectivity index is 3.50. The van der Waals surface area contributed by atoms with Crippen LogP contribution in [0.15, 0.2) is 6.20 Å². The molecule has 4 nitrogen and oxygen atoms in total. The van der Waals surface area contributed by atoms with Crippen molar-refractivity contribution < 1.29 is 18.7 Å². The number of aromatic hydroxyl groups is 1. The van der Waals surface area contributed by atoms with Gasteiger partial charge in [0.2, 0.25) is 0 Å². The van der Waals surface area contributed by atoms with E-state index in [1.165, 1.54) is 0 Å². The van der Waals surface area contributed by atoms with Crippen LogP contribution in [0.25, 0.3) is 0 Å². The van der Waals surface area contributed by atoms with Crippen molar-refractivity contribution in [3.8, 4) is 5.75 Å². The molecule has 1 amide bonds. The van der Waals surface area contributed by atoms with Gasteiger partial charge in [0, 0.05) is 0 Å². The highest BCUT2D eigenvalue weighted by molar-refractivity contribution is 6.32. The van der Waals surface area contributed by atoms with E-state index in [0.29, 0.717) is 0 Å². The number of primary amides is 1. The number of hydrogen-bond acceptors (Lipinski definition) is 3. The number of halogens is 3. The second-order valence-corrected chi connectivity index (χ2v) is 2.75. The Kier molecular flexibility index (Phi) is 2.85. The fraction of sp³-hybridized carbons (Fsp3) is 0.143. The minimum atomic E-state index is -3.04. The minimum absolute atomic E-state index is 0.453. The third-order valence-corrected chi connectivity index (χ3v) is 1.80. The number of amides is 1. The standard InChI is InChI=1S/C7H5ClF2N2O2/c8-5-4(7(11)14)3(6(9)10)2(13)1-12-5/h1,6,13H,(H2,11,14). The molecule has 0 aliphatic heterocycles. The van der Waals surface area contributed by atoms with Crippen LogP contribution in [0.3, 0.4) is 0 Å². The molecule has 1 rings (SSSR count). The smallest absolute Gasteiger partial charge is 0.268 e. The normalized spacial score (nSPS) is 10.6. The van der Waals surface area contributed by atoms with Crippen molar-refractivity contribution in [3.05, 3.63) is 22.5 Å². The Bertz CT molecular complexity index is 384. The quantitative estimate of drug-likeness (QED) is 0.744. The van der Waals surface area contributed by atoms with Crippen LogP contribution in [0.2, 0.25) is 5.15 Å². The number of aromatic nitrogens is 1. The van der Waals surface area contributed by atoms with Gasteiger partial charge in [0.15, 0.2) is 0 Å². The maximum atomic E-state index is 12.4. The maximum Gasteiger partial charge on any atom is 0.268 e. The molecule has 0 unspecified atom stereocenters. The van der Waals surface area contributed by atoms with Crippen LogP contribution in [0.4, 0.5) is 8.78 Å². The molecule has 7 heteroatoms. The van der Waals surface area contributed by atoms with Crippen molar-refractivity contribution in [2.75, 3.05) is 0 Å². The highest BCUT2D eigenvalue weighted by atomic mass is 35.5. The zero-order valence-corrected chi connectivity index (χ0v) is 7.42. The van der Waals surface area contributed by atoms with Crippen molar-refractivity contribution in [2.45, 2.75) is 6.43 Å². The zero-order chi connectivity index (χ0) is 10.9. The van der Waals surface area contributed by atoms with Crippen molar-refractivity contribution in [1.29, 1.82) is 0 Å². The lowest BCUT2D eigenvalue weighted by atomic mass is 10.1. The van der Waals surface area contributed by atoms with Gasteiger partial charge in [-0.3, -0.25) is 4.79 Å². The van der Waals surface area contributed by atoms with Gasteiger partial charge < -0.3 is 10.8 Å². The average Bonchev–Trinajstić information content (AvgIpc) is 2.07. The molecule has 0 bridgehead atoms. The lowest BCUT2D eigenvalue weighted by molar-refractivity contribution is 0.0983. The summed E-state index contributed by atoms with van der Waals surface area (Å²) in [5.41, 5.74) is 3.27. The number of alkyl halides is 2. The molecule has 0 saturated heterocycles. The summed E-state index contributed by atoms with van der Waals surface area (Å²) in [6, 6.07) is 0. The fourth-order valence-electron chi connectivity index (χ4n) is 0.946. The maximum absolute atomic E-state index is 12.4. The van der Waals surface area contributed by atoms with Crippen LogP contribution in [-0.2, 0) is 0 Å². The number of carbonyl (C=O) groups is 1. The summed E-state index contributed by atoms with van der Waals surface area (Å²) in [6.07, 6.45) is -2.31. The predicted molar refractivity (Wildman–Crippen MR) is 44.4 cm³/mol. The molecular weight excluding hydrogens is 218 g/mol. The second-order valence-electron chi connectivity index (χ2n) is 2.39. The number of carbonyl (C=O) groups excluding carboxylic acids is 1. The summed E-state index contributed by atoms with van der Waals surface area (Å²) in [5.74, 6) is -1.97. The largest absolute Gasteiger partial charge is 0.506 e. The van der Waals surface area contributed by atoms with Gasteiger partial charge in [-0.15, -0.1) is 0 Å². The van der Waals surface area contributed by atoms with E-state index in [1.807, 2.05) is 0 Å². The highest BCUT2D eigenvalue weighted by Crippen LogP contribution is 2.33. The molecule has 1 aromatic heterocycles. The van der Waals surface area contributed by atoms with E-state index in [4.69, 9.17) is 22.4 Å². The number of hydrogen-bond donors (Lipinski definition) is 2. The van der Waals surface area contributed by atoms with Gasteiger partial charge in [-0.25, -0.2) is 13.8 Å². The Hall–Kier alpha value is -1.43. The first kappa shape index (κ1) is 10.6. The summed E-state index contributed by atoms with van der Waals surface area (Å²) in [6.45, 7) is 0. The van der Waals surface area contributed by atoms with Crippen molar-refractivity contribution in [2.24, 2.45) is 5.73 Å². The molecule has 0 aliphatic carbocycles. The predicted octanol–water partition coefficient (Wildman–Crippen LogP) is 1.48. The molecule has 0 aliphatic rings. The zero-order valence-electron chi connectivity index (χ0n) is 6.67. The Morgan fingerprint density at radius 3 is 2.57 bits per heavy atom. The summed E-state index contributed by atoms with van der Waals surface area (Å²) < 4.78 is 24.7.